The van der Waals surface area contributed by atoms with E-state index in [0.29, 0.717) is 24.9 Å². The maximum absolute atomic E-state index is 11.9. The summed E-state index contributed by atoms with van der Waals surface area (Å²) in [7, 11) is 0. The predicted octanol–water partition coefficient (Wildman–Crippen LogP) is 0.998. The van der Waals surface area contributed by atoms with Crippen LogP contribution in [-0.4, -0.2) is 67.8 Å². The number of aromatic nitrogens is 3. The van der Waals surface area contributed by atoms with Crippen LogP contribution < -0.4 is 0 Å². The van der Waals surface area contributed by atoms with Gasteiger partial charge in [0.05, 0.1) is 5.69 Å². The van der Waals surface area contributed by atoms with Gasteiger partial charge in [0.15, 0.2) is 5.82 Å². The van der Waals surface area contributed by atoms with Crippen LogP contribution in [0.2, 0.25) is 0 Å². The van der Waals surface area contributed by atoms with Crippen LogP contribution >= 0.6 is 0 Å². The zero-order valence-electron chi connectivity index (χ0n) is 15.4. The van der Waals surface area contributed by atoms with Crippen LogP contribution in [0.5, 0.6) is 5.88 Å². The van der Waals surface area contributed by atoms with Crippen molar-refractivity contribution in [3.63, 3.8) is 0 Å². The molecule has 0 spiro atoms. The van der Waals surface area contributed by atoms with Crippen LogP contribution in [0, 0.1) is 11.8 Å². The molecule has 1 amide bonds. The minimum atomic E-state index is -0.0858. The fraction of sp³-hybridized carbons (Fsp3) is 0.450. The van der Waals surface area contributed by atoms with Gasteiger partial charge in [-0.05, 0) is 44.2 Å². The highest BCUT2D eigenvalue weighted by molar-refractivity contribution is 5.93. The number of piperazine rings is 1. The third kappa shape index (κ3) is 3.40. The molecule has 1 aliphatic carbocycles. The molecule has 2 aromatic heterocycles. The number of carbonyl (C=O) groups is 1. The lowest BCUT2D eigenvalue weighted by atomic mass is 9.91. The molecule has 4 rings (SSSR count). The van der Waals surface area contributed by atoms with E-state index in [1.165, 1.54) is 4.68 Å². The summed E-state index contributed by atoms with van der Waals surface area (Å²) in [5.41, 5.74) is 1.88. The van der Waals surface area contributed by atoms with Crippen LogP contribution in [0.3, 0.4) is 0 Å². The number of amides is 1. The predicted molar refractivity (Wildman–Crippen MR) is 100 cm³/mol. The van der Waals surface area contributed by atoms with Gasteiger partial charge in [0.1, 0.15) is 0 Å². The first-order valence-corrected chi connectivity index (χ1v) is 9.34. The van der Waals surface area contributed by atoms with E-state index in [9.17, 15) is 9.90 Å². The first-order chi connectivity index (χ1) is 13.2. The number of fused-ring (bicyclic) bond motifs is 1. The summed E-state index contributed by atoms with van der Waals surface area (Å²) in [6.45, 7) is 4.77. The quantitative estimate of drug-likeness (QED) is 0.804. The summed E-state index contributed by atoms with van der Waals surface area (Å²) in [5, 5.41) is 15.3. The average molecular weight is 365 g/mol. The van der Waals surface area contributed by atoms with Crippen molar-refractivity contribution in [2.75, 3.05) is 26.2 Å². The molecule has 0 saturated carbocycles. The largest absolute Gasteiger partial charge is 0.493 e. The van der Waals surface area contributed by atoms with Gasteiger partial charge >= 0.3 is 0 Å². The molecule has 3 heterocycles. The van der Waals surface area contributed by atoms with E-state index in [4.69, 9.17) is 0 Å². The molecule has 2 aromatic rings. The third-order valence-electron chi connectivity index (χ3n) is 5.41. The van der Waals surface area contributed by atoms with E-state index in [-0.39, 0.29) is 11.8 Å². The molecule has 0 radical (unpaired) electrons. The van der Waals surface area contributed by atoms with Crippen LogP contribution in [0.4, 0.5) is 0 Å². The smallest absolute Gasteiger partial charge is 0.298 e. The van der Waals surface area contributed by atoms with E-state index in [1.807, 2.05) is 23.1 Å². The molecule has 1 N–H and O–H groups in total. The maximum Gasteiger partial charge on any atom is 0.298 e. The van der Waals surface area contributed by atoms with Crippen molar-refractivity contribution in [1.82, 2.24) is 24.6 Å². The molecule has 1 fully saturated rings. The van der Waals surface area contributed by atoms with Gasteiger partial charge in [-0.3, -0.25) is 9.69 Å². The van der Waals surface area contributed by atoms with Gasteiger partial charge in [-0.1, -0.05) is 12.0 Å². The average Bonchev–Trinajstić information content (AvgIpc) is 3.05. The molecular weight excluding hydrogens is 342 g/mol. The Morgan fingerprint density at radius 3 is 2.78 bits per heavy atom. The van der Waals surface area contributed by atoms with Gasteiger partial charge in [-0.15, -0.1) is 0 Å². The van der Waals surface area contributed by atoms with Crippen LogP contribution in [0.25, 0.3) is 5.82 Å². The molecule has 7 nitrogen and oxygen atoms in total. The van der Waals surface area contributed by atoms with Gasteiger partial charge in [0.25, 0.3) is 5.91 Å². The van der Waals surface area contributed by atoms with Crippen molar-refractivity contribution in [3.8, 4) is 23.5 Å². The van der Waals surface area contributed by atoms with E-state index in [1.54, 1.807) is 13.1 Å². The molecule has 2 aliphatic rings. The number of pyridine rings is 1. The Labute approximate surface area is 158 Å². The summed E-state index contributed by atoms with van der Waals surface area (Å²) < 4.78 is 1.53. The highest BCUT2D eigenvalue weighted by atomic mass is 16.3. The Morgan fingerprint density at radius 2 is 2.07 bits per heavy atom. The van der Waals surface area contributed by atoms with Gasteiger partial charge in [-0.2, -0.15) is 9.78 Å². The molecular formula is C20H23N5O2. The lowest BCUT2D eigenvalue weighted by Gasteiger charge is -2.40. The second kappa shape index (κ2) is 7.41. The number of nitrogens with zero attached hydrogens (tertiary/aromatic N) is 5. The number of hydrogen-bond donors (Lipinski definition) is 1. The molecule has 0 aromatic carbocycles. The summed E-state index contributed by atoms with van der Waals surface area (Å²) >= 11 is 0. The van der Waals surface area contributed by atoms with Gasteiger partial charge in [0, 0.05) is 44.0 Å². The zero-order chi connectivity index (χ0) is 18.8. The van der Waals surface area contributed by atoms with Gasteiger partial charge in [-0.25, -0.2) is 4.98 Å². The molecule has 1 atom stereocenters. The maximum atomic E-state index is 11.9. The Bertz CT molecular complexity index is 888. The Hall–Kier alpha value is -2.85. The molecule has 27 heavy (non-hydrogen) atoms. The third-order valence-corrected chi connectivity index (χ3v) is 5.41. The number of rotatable bonds is 2. The monoisotopic (exact) mass is 365 g/mol. The molecule has 7 heteroatoms. The fourth-order valence-electron chi connectivity index (χ4n) is 3.96. The van der Waals surface area contributed by atoms with Crippen LogP contribution in [-0.2, 0) is 17.6 Å². The van der Waals surface area contributed by atoms with Crippen molar-refractivity contribution in [3.05, 3.63) is 35.7 Å². The lowest BCUT2D eigenvalue weighted by Crippen LogP contribution is -2.52. The standard InChI is InChI=1S/C20H23N5O2/c1-2-5-19(26)24-12-10-23(11-13-24)15-7-8-17-16(14-15)20(27)25(22-17)18-6-3-4-9-21-18/h3-4,6,9,15,27H,7-8,10-14H2,1H3. The Kier molecular flexibility index (Phi) is 4.82. The van der Waals surface area contributed by atoms with Crippen molar-refractivity contribution in [2.45, 2.75) is 32.2 Å². The minimum Gasteiger partial charge on any atom is -0.493 e. The molecule has 0 bridgehead atoms. The first-order valence-electron chi connectivity index (χ1n) is 9.34. The second-order valence-electron chi connectivity index (χ2n) is 6.95. The van der Waals surface area contributed by atoms with E-state index in [0.717, 1.165) is 43.6 Å². The highest BCUT2D eigenvalue weighted by Crippen LogP contribution is 2.32. The fourth-order valence-corrected chi connectivity index (χ4v) is 3.96. The van der Waals surface area contributed by atoms with Crippen molar-refractivity contribution >= 4 is 5.91 Å². The summed E-state index contributed by atoms with van der Waals surface area (Å²) in [4.78, 5) is 20.4. The van der Waals surface area contributed by atoms with Crippen molar-refractivity contribution < 1.29 is 9.90 Å². The van der Waals surface area contributed by atoms with E-state index >= 15 is 0 Å². The Morgan fingerprint density at radius 1 is 1.26 bits per heavy atom. The summed E-state index contributed by atoms with van der Waals surface area (Å²) in [6.07, 6.45) is 4.32. The van der Waals surface area contributed by atoms with Gasteiger partial charge in [0.2, 0.25) is 5.88 Å². The second-order valence-corrected chi connectivity index (χ2v) is 6.95. The zero-order valence-corrected chi connectivity index (χ0v) is 15.4. The number of aryl methyl sites for hydroxylation is 1. The van der Waals surface area contributed by atoms with Crippen molar-refractivity contribution in [1.29, 1.82) is 0 Å². The van der Waals surface area contributed by atoms with Crippen LogP contribution in [0.1, 0.15) is 24.6 Å². The molecule has 140 valence electrons. The molecule has 1 unspecified atom stereocenters. The SMILES string of the molecule is CC#CC(=O)N1CCN(C2CCc3nn(-c4ccccn4)c(O)c3C2)CC1. The minimum absolute atomic E-state index is 0.0858. The number of hydrogen-bond acceptors (Lipinski definition) is 5. The van der Waals surface area contributed by atoms with E-state index < -0.39 is 0 Å². The molecule has 1 aliphatic heterocycles. The normalized spacial score (nSPS) is 19.9. The van der Waals surface area contributed by atoms with Crippen molar-refractivity contribution in [2.24, 2.45) is 0 Å². The Balaban J connectivity index is 1.45. The van der Waals surface area contributed by atoms with E-state index in [2.05, 4.69) is 26.8 Å². The lowest BCUT2D eigenvalue weighted by molar-refractivity contribution is -0.127. The highest BCUT2D eigenvalue weighted by Gasteiger charge is 2.32. The summed E-state index contributed by atoms with van der Waals surface area (Å²) in [5.74, 6) is 6.03. The van der Waals surface area contributed by atoms with Gasteiger partial charge < -0.3 is 10.0 Å². The summed E-state index contributed by atoms with van der Waals surface area (Å²) in [6, 6.07) is 5.93. The van der Waals surface area contributed by atoms with Crippen LogP contribution in [0.15, 0.2) is 24.4 Å². The first kappa shape index (κ1) is 17.6. The molecule has 1 saturated heterocycles. The number of carbonyl (C=O) groups excluding carboxylic acids is 1. The number of aromatic hydroxyl groups is 1. The topological polar surface area (TPSA) is 74.5 Å².